The molecule has 3 rings (SSSR count). The van der Waals surface area contributed by atoms with Crippen LogP contribution in [0.1, 0.15) is 21.6 Å². The van der Waals surface area contributed by atoms with E-state index in [2.05, 4.69) is 0 Å². The van der Waals surface area contributed by atoms with E-state index in [0.29, 0.717) is 26.2 Å². The standard InChI is InChI=1S/C15H19N3O4/c1-9-6-12(13(19)16(3)10(9)2)14(20)17-4-5-18-11(7-17)8-22-15(18)21/h6,11H,4-5,7-8H2,1-3H3/t11-/m0/s1. The molecule has 0 bridgehead atoms. The minimum atomic E-state index is -0.320. The zero-order valence-electron chi connectivity index (χ0n) is 13.0. The van der Waals surface area contributed by atoms with Crippen LogP contribution in [0.15, 0.2) is 10.9 Å². The molecule has 2 saturated heterocycles. The molecule has 0 N–H and O–H groups in total. The first-order valence-corrected chi connectivity index (χ1v) is 7.30. The molecule has 1 aromatic heterocycles. The van der Waals surface area contributed by atoms with E-state index in [1.54, 1.807) is 22.9 Å². The van der Waals surface area contributed by atoms with Gasteiger partial charge in [-0.1, -0.05) is 0 Å². The Balaban J connectivity index is 1.87. The smallest absolute Gasteiger partial charge is 0.410 e. The number of rotatable bonds is 1. The van der Waals surface area contributed by atoms with Crippen LogP contribution >= 0.6 is 0 Å². The molecule has 0 aromatic carbocycles. The van der Waals surface area contributed by atoms with Gasteiger partial charge in [0.05, 0.1) is 6.04 Å². The van der Waals surface area contributed by atoms with Gasteiger partial charge in [0, 0.05) is 32.4 Å². The van der Waals surface area contributed by atoms with Crippen LogP contribution in [0.4, 0.5) is 4.79 Å². The maximum absolute atomic E-state index is 12.7. The van der Waals surface area contributed by atoms with E-state index in [9.17, 15) is 14.4 Å². The van der Waals surface area contributed by atoms with E-state index in [0.717, 1.165) is 11.3 Å². The number of carbonyl (C=O) groups is 2. The summed E-state index contributed by atoms with van der Waals surface area (Å²) >= 11 is 0. The summed E-state index contributed by atoms with van der Waals surface area (Å²) in [6.45, 7) is 5.30. The number of pyridine rings is 1. The molecular weight excluding hydrogens is 286 g/mol. The number of cyclic esters (lactones) is 1. The average molecular weight is 305 g/mol. The maximum atomic E-state index is 12.7. The number of amides is 2. The highest BCUT2D eigenvalue weighted by atomic mass is 16.6. The second-order valence-corrected chi connectivity index (χ2v) is 5.87. The molecule has 0 unspecified atom stereocenters. The molecule has 0 aliphatic carbocycles. The second-order valence-electron chi connectivity index (χ2n) is 5.87. The minimum Gasteiger partial charge on any atom is -0.447 e. The van der Waals surface area contributed by atoms with Crippen molar-refractivity contribution in [2.75, 3.05) is 26.2 Å². The van der Waals surface area contributed by atoms with E-state index in [4.69, 9.17) is 4.74 Å². The van der Waals surface area contributed by atoms with Crippen LogP contribution in [-0.2, 0) is 11.8 Å². The normalized spacial score (nSPS) is 20.9. The van der Waals surface area contributed by atoms with Gasteiger partial charge >= 0.3 is 6.09 Å². The molecule has 7 heteroatoms. The van der Waals surface area contributed by atoms with Gasteiger partial charge in [0.2, 0.25) is 0 Å². The van der Waals surface area contributed by atoms with Gasteiger partial charge < -0.3 is 14.2 Å². The number of carbonyl (C=O) groups excluding carboxylic acids is 2. The summed E-state index contributed by atoms with van der Waals surface area (Å²) in [5, 5.41) is 0. The fraction of sp³-hybridized carbons (Fsp3) is 0.533. The number of fused-ring (bicyclic) bond motifs is 1. The highest BCUT2D eigenvalue weighted by Crippen LogP contribution is 2.19. The number of ether oxygens (including phenoxy) is 1. The SMILES string of the molecule is Cc1cc(C(=O)N2CCN3C(=O)OC[C@@H]3C2)c(=O)n(C)c1C. The van der Waals surface area contributed by atoms with E-state index in [1.165, 1.54) is 4.57 Å². The Morgan fingerprint density at radius 2 is 2.00 bits per heavy atom. The average Bonchev–Trinajstić information content (AvgIpc) is 2.89. The third-order valence-electron chi connectivity index (χ3n) is 4.60. The van der Waals surface area contributed by atoms with Gasteiger partial charge in [-0.2, -0.15) is 0 Å². The third kappa shape index (κ3) is 2.17. The third-order valence-corrected chi connectivity index (χ3v) is 4.60. The summed E-state index contributed by atoms with van der Waals surface area (Å²) in [6.07, 6.45) is -0.320. The Morgan fingerprint density at radius 1 is 1.27 bits per heavy atom. The molecule has 0 radical (unpaired) electrons. The predicted octanol–water partition coefficient (Wildman–Crippen LogP) is 0.279. The van der Waals surface area contributed by atoms with Crippen molar-refractivity contribution in [3.05, 3.63) is 33.2 Å². The molecule has 0 spiro atoms. The fourth-order valence-electron chi connectivity index (χ4n) is 2.98. The van der Waals surface area contributed by atoms with Crippen molar-refractivity contribution in [1.82, 2.24) is 14.4 Å². The topological polar surface area (TPSA) is 71.9 Å². The van der Waals surface area contributed by atoms with Crippen LogP contribution in [-0.4, -0.2) is 58.7 Å². The van der Waals surface area contributed by atoms with Crippen LogP contribution in [0.3, 0.4) is 0 Å². The summed E-state index contributed by atoms with van der Waals surface area (Å²) in [4.78, 5) is 39.8. The van der Waals surface area contributed by atoms with Crippen LogP contribution in [0.25, 0.3) is 0 Å². The Bertz CT molecular complexity index is 709. The van der Waals surface area contributed by atoms with Crippen LogP contribution in [0.5, 0.6) is 0 Å². The minimum absolute atomic E-state index is 0.111. The molecule has 22 heavy (non-hydrogen) atoms. The van der Waals surface area contributed by atoms with Gasteiger partial charge in [-0.05, 0) is 25.5 Å². The van der Waals surface area contributed by atoms with Crippen molar-refractivity contribution in [1.29, 1.82) is 0 Å². The second kappa shape index (κ2) is 5.15. The molecule has 2 aliphatic rings. The molecule has 3 heterocycles. The van der Waals surface area contributed by atoms with Crippen molar-refractivity contribution in [2.45, 2.75) is 19.9 Å². The number of nitrogens with zero attached hydrogens (tertiary/aromatic N) is 3. The lowest BCUT2D eigenvalue weighted by atomic mass is 10.1. The predicted molar refractivity (Wildman–Crippen MR) is 78.9 cm³/mol. The summed E-state index contributed by atoms with van der Waals surface area (Å²) in [5.41, 5.74) is 1.66. The van der Waals surface area contributed by atoms with E-state index >= 15 is 0 Å². The monoisotopic (exact) mass is 305 g/mol. The Morgan fingerprint density at radius 3 is 2.73 bits per heavy atom. The number of hydrogen-bond acceptors (Lipinski definition) is 4. The first kappa shape index (κ1) is 14.6. The van der Waals surface area contributed by atoms with Gasteiger partial charge in [-0.25, -0.2) is 4.79 Å². The molecule has 7 nitrogen and oxygen atoms in total. The van der Waals surface area contributed by atoms with Gasteiger partial charge in [0.1, 0.15) is 12.2 Å². The van der Waals surface area contributed by atoms with Gasteiger partial charge in [0.25, 0.3) is 11.5 Å². The first-order chi connectivity index (χ1) is 10.4. The molecule has 2 fully saturated rings. The molecule has 1 aromatic rings. The molecule has 1 atom stereocenters. The highest BCUT2D eigenvalue weighted by molar-refractivity contribution is 5.94. The molecule has 118 valence electrons. The van der Waals surface area contributed by atoms with E-state index < -0.39 is 0 Å². The van der Waals surface area contributed by atoms with Crippen LogP contribution in [0, 0.1) is 13.8 Å². The van der Waals surface area contributed by atoms with Gasteiger partial charge in [0.15, 0.2) is 0 Å². The van der Waals surface area contributed by atoms with Crippen molar-refractivity contribution in [3.8, 4) is 0 Å². The lowest BCUT2D eigenvalue weighted by molar-refractivity contribution is 0.0614. The number of aryl methyl sites for hydroxylation is 1. The van der Waals surface area contributed by atoms with E-state index in [-0.39, 0.29) is 29.2 Å². The molecular formula is C15H19N3O4. The van der Waals surface area contributed by atoms with Crippen LogP contribution in [0.2, 0.25) is 0 Å². The molecule has 2 amide bonds. The Labute approximate surface area is 128 Å². The Hall–Kier alpha value is -2.31. The summed E-state index contributed by atoms with van der Waals surface area (Å²) in [5.74, 6) is -0.275. The van der Waals surface area contributed by atoms with Gasteiger partial charge in [-0.15, -0.1) is 0 Å². The number of hydrogen-bond donors (Lipinski definition) is 0. The number of aromatic nitrogens is 1. The molecule has 0 saturated carbocycles. The summed E-state index contributed by atoms with van der Waals surface area (Å²) in [7, 11) is 1.67. The van der Waals surface area contributed by atoms with Gasteiger partial charge in [-0.3, -0.25) is 14.5 Å². The van der Waals surface area contributed by atoms with Crippen molar-refractivity contribution >= 4 is 12.0 Å². The zero-order chi connectivity index (χ0) is 16.0. The first-order valence-electron chi connectivity index (χ1n) is 7.30. The lowest BCUT2D eigenvalue weighted by Crippen LogP contribution is -2.54. The Kier molecular flexibility index (Phi) is 3.42. The number of piperazine rings is 1. The van der Waals surface area contributed by atoms with Crippen molar-refractivity contribution in [2.24, 2.45) is 7.05 Å². The van der Waals surface area contributed by atoms with Crippen molar-refractivity contribution in [3.63, 3.8) is 0 Å². The van der Waals surface area contributed by atoms with Crippen LogP contribution < -0.4 is 5.56 Å². The zero-order valence-corrected chi connectivity index (χ0v) is 13.0. The highest BCUT2D eigenvalue weighted by Gasteiger charge is 2.39. The maximum Gasteiger partial charge on any atom is 0.410 e. The van der Waals surface area contributed by atoms with E-state index in [1.807, 2.05) is 13.8 Å². The molecule has 2 aliphatic heterocycles. The summed E-state index contributed by atoms with van der Waals surface area (Å²) in [6, 6.07) is 1.54. The largest absolute Gasteiger partial charge is 0.447 e. The summed E-state index contributed by atoms with van der Waals surface area (Å²) < 4.78 is 6.50. The van der Waals surface area contributed by atoms with Crippen molar-refractivity contribution < 1.29 is 14.3 Å². The quantitative estimate of drug-likeness (QED) is 0.747. The lowest BCUT2D eigenvalue weighted by Gasteiger charge is -2.35. The fourth-order valence-corrected chi connectivity index (χ4v) is 2.98.